The number of rotatable bonds is 4. The number of hydrogen-bond acceptors (Lipinski definition) is 5. The molecule has 0 bridgehead atoms. The Hall–Kier alpha value is -3.29. The molecule has 1 aromatic carbocycles. The summed E-state index contributed by atoms with van der Waals surface area (Å²) in [7, 11) is 0. The molecule has 0 spiro atoms. The first-order valence-corrected chi connectivity index (χ1v) is 9.35. The highest BCUT2D eigenvalue weighted by Gasteiger charge is 2.36. The zero-order valence-electron chi connectivity index (χ0n) is 15.9. The van der Waals surface area contributed by atoms with Gasteiger partial charge in [0, 0.05) is 25.8 Å². The molecule has 1 amide bonds. The molecule has 1 aliphatic rings. The van der Waals surface area contributed by atoms with Gasteiger partial charge in [0.1, 0.15) is 18.1 Å². The maximum absolute atomic E-state index is 13.2. The van der Waals surface area contributed by atoms with E-state index in [0.29, 0.717) is 37.1 Å². The Morgan fingerprint density at radius 1 is 1.18 bits per heavy atom. The Labute approximate surface area is 162 Å². The van der Waals surface area contributed by atoms with Crippen molar-refractivity contribution in [3.05, 3.63) is 76.5 Å². The third-order valence-electron chi connectivity index (χ3n) is 4.79. The monoisotopic (exact) mass is 378 g/mol. The highest BCUT2D eigenvalue weighted by atomic mass is 16.2. The Bertz CT molecular complexity index is 1030. The summed E-state index contributed by atoms with van der Waals surface area (Å²) in [5.74, 6) is 0.683. The second-order valence-electron chi connectivity index (χ2n) is 7.27. The summed E-state index contributed by atoms with van der Waals surface area (Å²) in [5.41, 5.74) is 1.11. The zero-order valence-corrected chi connectivity index (χ0v) is 15.9. The van der Waals surface area contributed by atoms with Crippen LogP contribution >= 0.6 is 0 Å². The molecule has 0 saturated carbocycles. The number of aromatic nitrogens is 5. The SMILES string of the molecule is CC(C)Cn1nc2n(c1=O)CCN(C(=O)c1ccncn1)C2c1ccccc1. The molecule has 3 aromatic rings. The first-order chi connectivity index (χ1) is 13.6. The highest BCUT2D eigenvalue weighted by Crippen LogP contribution is 2.31. The summed E-state index contributed by atoms with van der Waals surface area (Å²) < 4.78 is 3.19. The van der Waals surface area contributed by atoms with E-state index in [4.69, 9.17) is 0 Å². The lowest BCUT2D eigenvalue weighted by Gasteiger charge is -2.35. The molecule has 8 nitrogen and oxygen atoms in total. The quantitative estimate of drug-likeness (QED) is 0.690. The van der Waals surface area contributed by atoms with Gasteiger partial charge in [0.05, 0.1) is 0 Å². The number of fused-ring (bicyclic) bond motifs is 1. The number of nitrogens with zero attached hydrogens (tertiary/aromatic N) is 6. The van der Waals surface area contributed by atoms with Crippen LogP contribution < -0.4 is 5.69 Å². The van der Waals surface area contributed by atoms with Gasteiger partial charge in [-0.05, 0) is 17.5 Å². The van der Waals surface area contributed by atoms with Crippen molar-refractivity contribution < 1.29 is 4.79 Å². The van der Waals surface area contributed by atoms with E-state index in [2.05, 4.69) is 15.1 Å². The van der Waals surface area contributed by atoms with Crippen molar-refractivity contribution in [1.82, 2.24) is 29.2 Å². The van der Waals surface area contributed by atoms with E-state index in [-0.39, 0.29) is 11.6 Å². The van der Waals surface area contributed by atoms with E-state index in [1.165, 1.54) is 11.0 Å². The fourth-order valence-corrected chi connectivity index (χ4v) is 3.56. The predicted octanol–water partition coefficient (Wildman–Crippen LogP) is 1.74. The summed E-state index contributed by atoms with van der Waals surface area (Å²) in [6, 6.07) is 10.8. The summed E-state index contributed by atoms with van der Waals surface area (Å²) in [4.78, 5) is 35.7. The second-order valence-corrected chi connectivity index (χ2v) is 7.27. The molecular formula is C20H22N6O2. The molecule has 1 aliphatic heterocycles. The van der Waals surface area contributed by atoms with Crippen LogP contribution in [0.25, 0.3) is 0 Å². The highest BCUT2D eigenvalue weighted by molar-refractivity contribution is 5.92. The summed E-state index contributed by atoms with van der Waals surface area (Å²) in [5, 5.41) is 4.62. The molecule has 0 N–H and O–H groups in total. The number of carbonyl (C=O) groups excluding carboxylic acids is 1. The molecule has 1 atom stereocenters. The van der Waals surface area contributed by atoms with Crippen molar-refractivity contribution in [2.75, 3.05) is 6.54 Å². The molecular weight excluding hydrogens is 356 g/mol. The third kappa shape index (κ3) is 3.21. The second kappa shape index (κ2) is 7.38. The lowest BCUT2D eigenvalue weighted by molar-refractivity contribution is 0.0650. The average molecular weight is 378 g/mol. The van der Waals surface area contributed by atoms with E-state index >= 15 is 0 Å². The largest absolute Gasteiger partial charge is 0.346 e. The molecule has 28 heavy (non-hydrogen) atoms. The minimum atomic E-state index is -0.446. The van der Waals surface area contributed by atoms with Gasteiger partial charge in [0.2, 0.25) is 0 Å². The number of amides is 1. The van der Waals surface area contributed by atoms with Gasteiger partial charge in [-0.1, -0.05) is 44.2 Å². The van der Waals surface area contributed by atoms with Crippen LogP contribution in [-0.4, -0.2) is 41.7 Å². The lowest BCUT2D eigenvalue weighted by Crippen LogP contribution is -2.45. The normalized spacial score (nSPS) is 16.2. The van der Waals surface area contributed by atoms with Crippen molar-refractivity contribution in [1.29, 1.82) is 0 Å². The lowest BCUT2D eigenvalue weighted by atomic mass is 10.0. The summed E-state index contributed by atoms with van der Waals surface area (Å²) in [6.07, 6.45) is 2.91. The predicted molar refractivity (Wildman–Crippen MR) is 103 cm³/mol. The van der Waals surface area contributed by atoms with Gasteiger partial charge in [-0.25, -0.2) is 19.4 Å². The maximum Gasteiger partial charge on any atom is 0.346 e. The molecule has 1 unspecified atom stereocenters. The van der Waals surface area contributed by atoms with Crippen molar-refractivity contribution in [3.63, 3.8) is 0 Å². The van der Waals surface area contributed by atoms with Gasteiger partial charge in [-0.2, -0.15) is 5.10 Å². The molecule has 4 rings (SSSR count). The Balaban J connectivity index is 1.82. The molecule has 0 saturated heterocycles. The van der Waals surface area contributed by atoms with Gasteiger partial charge in [-0.3, -0.25) is 9.36 Å². The molecule has 8 heteroatoms. The molecule has 0 fully saturated rings. The Kier molecular flexibility index (Phi) is 4.77. The zero-order chi connectivity index (χ0) is 19.7. The molecule has 0 radical (unpaired) electrons. The first-order valence-electron chi connectivity index (χ1n) is 9.35. The van der Waals surface area contributed by atoms with Crippen molar-refractivity contribution in [2.24, 2.45) is 5.92 Å². The third-order valence-corrected chi connectivity index (χ3v) is 4.79. The minimum Gasteiger partial charge on any atom is -0.321 e. The molecule has 144 valence electrons. The van der Waals surface area contributed by atoms with Crippen LogP contribution in [0.1, 0.15) is 41.8 Å². The fourth-order valence-electron chi connectivity index (χ4n) is 3.56. The van der Waals surface area contributed by atoms with E-state index in [1.54, 1.807) is 21.7 Å². The number of carbonyl (C=O) groups is 1. The van der Waals surface area contributed by atoms with Crippen LogP contribution in [0.2, 0.25) is 0 Å². The van der Waals surface area contributed by atoms with Gasteiger partial charge in [0.25, 0.3) is 5.91 Å². The van der Waals surface area contributed by atoms with Gasteiger partial charge in [0.15, 0.2) is 5.82 Å². The van der Waals surface area contributed by atoms with Gasteiger partial charge < -0.3 is 4.90 Å². The number of benzene rings is 1. The van der Waals surface area contributed by atoms with E-state index in [1.807, 2.05) is 44.2 Å². The molecule has 0 aliphatic carbocycles. The van der Waals surface area contributed by atoms with Crippen molar-refractivity contribution in [3.8, 4) is 0 Å². The smallest absolute Gasteiger partial charge is 0.321 e. The minimum absolute atomic E-state index is 0.126. The van der Waals surface area contributed by atoms with Crippen LogP contribution in [0.3, 0.4) is 0 Å². The van der Waals surface area contributed by atoms with Crippen LogP contribution in [0.5, 0.6) is 0 Å². The Morgan fingerprint density at radius 3 is 2.64 bits per heavy atom. The average Bonchev–Trinajstić information content (AvgIpc) is 3.03. The topological polar surface area (TPSA) is 85.9 Å². The summed E-state index contributed by atoms with van der Waals surface area (Å²) >= 11 is 0. The van der Waals surface area contributed by atoms with Crippen molar-refractivity contribution >= 4 is 5.91 Å². The van der Waals surface area contributed by atoms with Crippen LogP contribution in [-0.2, 0) is 13.1 Å². The van der Waals surface area contributed by atoms with E-state index in [0.717, 1.165) is 5.56 Å². The summed E-state index contributed by atoms with van der Waals surface area (Å²) in [6.45, 7) is 5.45. The Morgan fingerprint density at radius 2 is 1.96 bits per heavy atom. The van der Waals surface area contributed by atoms with Crippen LogP contribution in [0, 0.1) is 5.92 Å². The standard InChI is InChI=1S/C20H22N6O2/c1-14(2)12-26-20(28)25-11-10-24(19(27)16-8-9-21-13-22-16)17(18(25)23-26)15-6-4-3-5-7-15/h3-9,13-14,17H,10-12H2,1-2H3. The van der Waals surface area contributed by atoms with Crippen LogP contribution in [0.15, 0.2) is 53.7 Å². The molecule has 2 aromatic heterocycles. The first kappa shape index (κ1) is 18.1. The van der Waals surface area contributed by atoms with Gasteiger partial charge in [-0.15, -0.1) is 0 Å². The fraction of sp³-hybridized carbons (Fsp3) is 0.350. The van der Waals surface area contributed by atoms with Crippen molar-refractivity contribution in [2.45, 2.75) is 33.0 Å². The van der Waals surface area contributed by atoms with E-state index in [9.17, 15) is 9.59 Å². The van der Waals surface area contributed by atoms with E-state index < -0.39 is 6.04 Å². The number of hydrogen-bond donors (Lipinski definition) is 0. The maximum atomic E-state index is 13.2. The van der Waals surface area contributed by atoms with Crippen LogP contribution in [0.4, 0.5) is 0 Å². The van der Waals surface area contributed by atoms with Gasteiger partial charge >= 0.3 is 5.69 Å². The molecule has 3 heterocycles.